The number of anilines is 1. The van der Waals surface area contributed by atoms with Crippen molar-refractivity contribution in [2.24, 2.45) is 0 Å². The standard InChI is InChI=1S/C18H19NO2/c1-14(20)12-16(15-8-4-2-5-9-15)13-18(21)19-17-10-6-3-7-11-17/h2-11,16H,12-13H2,1H3,(H,19,21)/t16-/m1/s1. The maximum atomic E-state index is 12.2. The van der Waals surface area contributed by atoms with Crippen LogP contribution in [0.4, 0.5) is 5.69 Å². The van der Waals surface area contributed by atoms with E-state index in [1.807, 2.05) is 60.7 Å². The number of hydrogen-bond acceptors (Lipinski definition) is 2. The molecule has 2 aromatic rings. The fourth-order valence-electron chi connectivity index (χ4n) is 2.34. The number of carbonyl (C=O) groups is 2. The normalized spacial score (nSPS) is 11.7. The lowest BCUT2D eigenvalue weighted by Crippen LogP contribution is -2.17. The van der Waals surface area contributed by atoms with Gasteiger partial charge in [-0.25, -0.2) is 0 Å². The molecule has 3 nitrogen and oxygen atoms in total. The van der Waals surface area contributed by atoms with Gasteiger partial charge in [-0.2, -0.15) is 0 Å². The van der Waals surface area contributed by atoms with Gasteiger partial charge >= 0.3 is 0 Å². The van der Waals surface area contributed by atoms with Crippen molar-refractivity contribution in [2.45, 2.75) is 25.7 Å². The van der Waals surface area contributed by atoms with Gasteiger partial charge in [0, 0.05) is 18.5 Å². The summed E-state index contributed by atoms with van der Waals surface area (Å²) in [6.07, 6.45) is 0.685. The molecule has 0 saturated carbocycles. The van der Waals surface area contributed by atoms with E-state index in [0.717, 1.165) is 11.3 Å². The number of hydrogen-bond donors (Lipinski definition) is 1. The Labute approximate surface area is 125 Å². The lowest BCUT2D eigenvalue weighted by molar-refractivity contribution is -0.118. The Morgan fingerprint density at radius 2 is 1.48 bits per heavy atom. The van der Waals surface area contributed by atoms with Crippen LogP contribution in [0.1, 0.15) is 31.2 Å². The van der Waals surface area contributed by atoms with E-state index in [9.17, 15) is 9.59 Å². The second-order valence-electron chi connectivity index (χ2n) is 5.13. The average Bonchev–Trinajstić information content (AvgIpc) is 2.48. The molecule has 0 unspecified atom stereocenters. The second-order valence-corrected chi connectivity index (χ2v) is 5.13. The minimum Gasteiger partial charge on any atom is -0.326 e. The first-order valence-electron chi connectivity index (χ1n) is 7.04. The molecule has 0 aliphatic rings. The Kier molecular flexibility index (Phi) is 5.27. The van der Waals surface area contributed by atoms with E-state index >= 15 is 0 Å². The number of benzene rings is 2. The van der Waals surface area contributed by atoms with Gasteiger partial charge in [0.2, 0.25) is 5.91 Å². The van der Waals surface area contributed by atoms with Crippen molar-refractivity contribution < 1.29 is 9.59 Å². The van der Waals surface area contributed by atoms with Gasteiger partial charge in [-0.3, -0.25) is 4.79 Å². The summed E-state index contributed by atoms with van der Waals surface area (Å²) in [5, 5.41) is 2.87. The third-order valence-corrected chi connectivity index (χ3v) is 3.29. The highest BCUT2D eigenvalue weighted by Gasteiger charge is 2.17. The zero-order valence-corrected chi connectivity index (χ0v) is 12.1. The maximum absolute atomic E-state index is 12.2. The van der Waals surface area contributed by atoms with Gasteiger partial charge in [-0.1, -0.05) is 48.5 Å². The van der Waals surface area contributed by atoms with Gasteiger partial charge in [0.25, 0.3) is 0 Å². The van der Waals surface area contributed by atoms with Crippen molar-refractivity contribution >= 4 is 17.4 Å². The molecule has 108 valence electrons. The summed E-state index contributed by atoms with van der Waals surface area (Å²) < 4.78 is 0. The zero-order valence-electron chi connectivity index (χ0n) is 12.1. The molecule has 1 atom stereocenters. The largest absolute Gasteiger partial charge is 0.326 e. The van der Waals surface area contributed by atoms with E-state index in [0.29, 0.717) is 12.8 Å². The van der Waals surface area contributed by atoms with E-state index < -0.39 is 0 Å². The van der Waals surface area contributed by atoms with Crippen LogP contribution in [0.5, 0.6) is 0 Å². The molecule has 0 saturated heterocycles. The molecule has 0 radical (unpaired) electrons. The van der Waals surface area contributed by atoms with Crippen LogP contribution < -0.4 is 5.32 Å². The van der Waals surface area contributed by atoms with E-state index in [1.54, 1.807) is 6.92 Å². The molecule has 21 heavy (non-hydrogen) atoms. The van der Waals surface area contributed by atoms with Gasteiger partial charge in [-0.05, 0) is 30.5 Å². The third kappa shape index (κ3) is 4.88. The van der Waals surface area contributed by atoms with Crippen molar-refractivity contribution in [1.82, 2.24) is 0 Å². The van der Waals surface area contributed by atoms with Gasteiger partial charge in [0.15, 0.2) is 0 Å². The summed E-state index contributed by atoms with van der Waals surface area (Å²) in [5.41, 5.74) is 1.80. The average molecular weight is 281 g/mol. The Hall–Kier alpha value is -2.42. The van der Waals surface area contributed by atoms with Crippen LogP contribution >= 0.6 is 0 Å². The molecule has 3 heteroatoms. The molecule has 0 spiro atoms. The van der Waals surface area contributed by atoms with Gasteiger partial charge in [-0.15, -0.1) is 0 Å². The van der Waals surface area contributed by atoms with Crippen LogP contribution in [-0.4, -0.2) is 11.7 Å². The smallest absolute Gasteiger partial charge is 0.224 e. The number of carbonyl (C=O) groups excluding carboxylic acids is 2. The molecule has 0 aliphatic carbocycles. The molecule has 0 aromatic heterocycles. The highest BCUT2D eigenvalue weighted by Crippen LogP contribution is 2.24. The van der Waals surface area contributed by atoms with Crippen LogP contribution in [-0.2, 0) is 9.59 Å². The summed E-state index contributed by atoms with van der Waals surface area (Å²) in [5.74, 6) is -0.0555. The van der Waals surface area contributed by atoms with Crippen LogP contribution in [0.25, 0.3) is 0 Å². The first-order chi connectivity index (χ1) is 10.1. The molecule has 0 heterocycles. The summed E-state index contributed by atoms with van der Waals surface area (Å²) in [6, 6.07) is 19.1. The molecule has 1 N–H and O–H groups in total. The van der Waals surface area contributed by atoms with Crippen LogP contribution in [0, 0.1) is 0 Å². The molecule has 0 aliphatic heterocycles. The highest BCUT2D eigenvalue weighted by atomic mass is 16.1. The summed E-state index contributed by atoms with van der Waals surface area (Å²) >= 11 is 0. The fraction of sp³-hybridized carbons (Fsp3) is 0.222. The van der Waals surface area contributed by atoms with Crippen molar-refractivity contribution in [1.29, 1.82) is 0 Å². The van der Waals surface area contributed by atoms with E-state index in [-0.39, 0.29) is 17.6 Å². The SMILES string of the molecule is CC(=O)C[C@H](CC(=O)Nc1ccccc1)c1ccccc1. The lowest BCUT2D eigenvalue weighted by atomic mass is 9.91. The van der Waals surface area contributed by atoms with E-state index in [1.165, 1.54) is 0 Å². The molecule has 0 fully saturated rings. The lowest BCUT2D eigenvalue weighted by Gasteiger charge is -2.15. The molecule has 0 bridgehead atoms. The molecule has 2 rings (SSSR count). The number of amides is 1. The van der Waals surface area contributed by atoms with Gasteiger partial charge in [0.1, 0.15) is 5.78 Å². The Morgan fingerprint density at radius 1 is 0.905 bits per heavy atom. The minimum atomic E-state index is -0.0765. The van der Waals surface area contributed by atoms with Crippen molar-refractivity contribution in [2.75, 3.05) is 5.32 Å². The second kappa shape index (κ2) is 7.39. The molecular formula is C18H19NO2. The molecule has 2 aromatic carbocycles. The summed E-state index contributed by atoms with van der Waals surface area (Å²) in [4.78, 5) is 23.6. The minimum absolute atomic E-state index is 0.0729. The topological polar surface area (TPSA) is 46.2 Å². The molecular weight excluding hydrogens is 262 g/mol. The number of nitrogens with one attached hydrogen (secondary N) is 1. The van der Waals surface area contributed by atoms with Gasteiger partial charge in [0.05, 0.1) is 0 Å². The third-order valence-electron chi connectivity index (χ3n) is 3.29. The van der Waals surface area contributed by atoms with E-state index in [4.69, 9.17) is 0 Å². The maximum Gasteiger partial charge on any atom is 0.224 e. The summed E-state index contributed by atoms with van der Waals surface area (Å²) in [6.45, 7) is 1.56. The quantitative estimate of drug-likeness (QED) is 0.876. The van der Waals surface area contributed by atoms with Crippen LogP contribution in [0.2, 0.25) is 0 Å². The predicted octanol–water partition coefficient (Wildman–Crippen LogP) is 3.78. The first kappa shape index (κ1) is 15.0. The van der Waals surface area contributed by atoms with Crippen molar-refractivity contribution in [3.8, 4) is 0 Å². The van der Waals surface area contributed by atoms with E-state index in [2.05, 4.69) is 5.32 Å². The number of para-hydroxylation sites is 1. The Morgan fingerprint density at radius 3 is 2.05 bits per heavy atom. The summed E-state index contributed by atoms with van der Waals surface area (Å²) in [7, 11) is 0. The van der Waals surface area contributed by atoms with Crippen molar-refractivity contribution in [3.63, 3.8) is 0 Å². The first-order valence-corrected chi connectivity index (χ1v) is 7.04. The van der Waals surface area contributed by atoms with Gasteiger partial charge < -0.3 is 10.1 Å². The molecule has 1 amide bonds. The Balaban J connectivity index is 2.05. The fourth-order valence-corrected chi connectivity index (χ4v) is 2.34. The number of Topliss-reactive ketones (excluding diaryl/α,β-unsaturated/α-hetero) is 1. The van der Waals surface area contributed by atoms with Crippen LogP contribution in [0.3, 0.4) is 0 Å². The monoisotopic (exact) mass is 281 g/mol. The van der Waals surface area contributed by atoms with Crippen LogP contribution in [0.15, 0.2) is 60.7 Å². The zero-order chi connectivity index (χ0) is 15.1. The Bertz CT molecular complexity index is 593. The van der Waals surface area contributed by atoms with Crippen molar-refractivity contribution in [3.05, 3.63) is 66.2 Å². The highest BCUT2D eigenvalue weighted by molar-refractivity contribution is 5.91. The predicted molar refractivity (Wildman–Crippen MR) is 84.2 cm³/mol. The number of ketones is 1. The number of rotatable bonds is 6.